The highest BCUT2D eigenvalue weighted by molar-refractivity contribution is 6.44. The molecular formula is C12H15ClN2O2. The number of carbonyl (C=O) groups excluding carboxylic acids is 1. The van der Waals surface area contributed by atoms with Crippen LogP contribution in [0.2, 0.25) is 0 Å². The van der Waals surface area contributed by atoms with Crippen LogP contribution in [-0.2, 0) is 9.53 Å². The fourth-order valence-electron chi connectivity index (χ4n) is 0.770. The Morgan fingerprint density at radius 2 is 2.24 bits per heavy atom. The molecule has 0 spiro atoms. The first-order valence-corrected chi connectivity index (χ1v) is 5.26. The molecule has 0 rings (SSSR count). The lowest BCUT2D eigenvalue weighted by Gasteiger charge is -2.05. The van der Waals surface area contributed by atoms with Crippen LogP contribution in [0.25, 0.3) is 0 Å². The number of carbonyl (C=O) groups is 1. The molecule has 0 aliphatic heterocycles. The van der Waals surface area contributed by atoms with Gasteiger partial charge in [0, 0.05) is 0 Å². The first kappa shape index (κ1) is 15.2. The monoisotopic (exact) mass is 254 g/mol. The summed E-state index contributed by atoms with van der Waals surface area (Å²) in [6, 6.07) is 0. The van der Waals surface area contributed by atoms with Gasteiger partial charge < -0.3 is 10.5 Å². The molecule has 0 aromatic heterocycles. The van der Waals surface area contributed by atoms with Crippen molar-refractivity contribution in [3.05, 3.63) is 41.4 Å². The number of halogens is 1. The SMILES string of the molecule is C=C=C(N)C(=N/C(Cl)=C(\C)C=C)C(=O)OCC. The average molecular weight is 255 g/mol. The van der Waals surface area contributed by atoms with E-state index >= 15 is 0 Å². The van der Waals surface area contributed by atoms with E-state index in [9.17, 15) is 4.79 Å². The van der Waals surface area contributed by atoms with E-state index < -0.39 is 5.97 Å². The summed E-state index contributed by atoms with van der Waals surface area (Å²) in [4.78, 5) is 15.4. The van der Waals surface area contributed by atoms with Gasteiger partial charge in [0.25, 0.3) is 0 Å². The van der Waals surface area contributed by atoms with Gasteiger partial charge in [0.1, 0.15) is 10.9 Å². The lowest BCUT2D eigenvalue weighted by molar-refractivity contribution is -0.134. The van der Waals surface area contributed by atoms with Crippen LogP contribution in [0.4, 0.5) is 0 Å². The Kier molecular flexibility index (Phi) is 6.71. The van der Waals surface area contributed by atoms with Crippen molar-refractivity contribution < 1.29 is 9.53 Å². The maximum absolute atomic E-state index is 11.6. The average Bonchev–Trinajstić information content (AvgIpc) is 2.33. The Morgan fingerprint density at radius 1 is 1.65 bits per heavy atom. The van der Waals surface area contributed by atoms with Crippen LogP contribution in [-0.4, -0.2) is 18.3 Å². The zero-order valence-corrected chi connectivity index (χ0v) is 10.7. The number of aliphatic imine (C=N–C) groups is 1. The first-order chi connectivity index (χ1) is 7.97. The van der Waals surface area contributed by atoms with Gasteiger partial charge in [-0.05, 0) is 19.4 Å². The molecule has 0 fully saturated rings. The Morgan fingerprint density at radius 3 is 2.65 bits per heavy atom. The quantitative estimate of drug-likeness (QED) is 0.269. The van der Waals surface area contributed by atoms with Crippen molar-refractivity contribution in [2.24, 2.45) is 10.7 Å². The summed E-state index contributed by atoms with van der Waals surface area (Å²) in [5.41, 5.74) is 8.40. The molecule has 0 aliphatic rings. The molecule has 17 heavy (non-hydrogen) atoms. The van der Waals surface area contributed by atoms with Crippen LogP contribution in [0.15, 0.2) is 46.4 Å². The van der Waals surface area contributed by atoms with Gasteiger partial charge in [-0.15, -0.1) is 5.73 Å². The molecular weight excluding hydrogens is 240 g/mol. The largest absolute Gasteiger partial charge is 0.461 e. The Balaban J connectivity index is 5.49. The fourth-order valence-corrected chi connectivity index (χ4v) is 0.931. The molecule has 5 heteroatoms. The van der Waals surface area contributed by atoms with Crippen LogP contribution in [0, 0.1) is 0 Å². The van der Waals surface area contributed by atoms with Crippen LogP contribution < -0.4 is 5.73 Å². The number of nitrogens with two attached hydrogens (primary N) is 1. The lowest BCUT2D eigenvalue weighted by atomic mass is 10.3. The van der Waals surface area contributed by atoms with Gasteiger partial charge in [-0.1, -0.05) is 30.8 Å². The molecule has 0 aliphatic carbocycles. The summed E-state index contributed by atoms with van der Waals surface area (Å²) >= 11 is 5.87. The van der Waals surface area contributed by atoms with Crippen molar-refractivity contribution in [2.45, 2.75) is 13.8 Å². The molecule has 0 saturated heterocycles. The van der Waals surface area contributed by atoms with Crippen molar-refractivity contribution in [1.29, 1.82) is 0 Å². The van der Waals surface area contributed by atoms with E-state index in [1.54, 1.807) is 13.8 Å². The molecule has 92 valence electrons. The molecule has 0 heterocycles. The number of ether oxygens (including phenoxy) is 1. The van der Waals surface area contributed by atoms with Crippen molar-refractivity contribution in [3.63, 3.8) is 0 Å². The maximum Gasteiger partial charge on any atom is 0.359 e. The molecule has 0 bridgehead atoms. The highest BCUT2D eigenvalue weighted by atomic mass is 35.5. The van der Waals surface area contributed by atoms with Gasteiger partial charge in [-0.25, -0.2) is 9.79 Å². The Hall–Kier alpha value is -1.77. The Bertz CT molecular complexity index is 430. The molecule has 0 aromatic carbocycles. The molecule has 2 N–H and O–H groups in total. The minimum atomic E-state index is -0.670. The number of rotatable bonds is 5. The minimum absolute atomic E-state index is 0.0153. The van der Waals surface area contributed by atoms with Gasteiger partial charge in [0.15, 0.2) is 5.71 Å². The van der Waals surface area contributed by atoms with E-state index in [0.29, 0.717) is 5.57 Å². The summed E-state index contributed by atoms with van der Waals surface area (Å²) in [7, 11) is 0. The van der Waals surface area contributed by atoms with E-state index in [0.717, 1.165) is 0 Å². The predicted molar refractivity (Wildman–Crippen MR) is 69.7 cm³/mol. The summed E-state index contributed by atoms with van der Waals surface area (Å²) < 4.78 is 4.80. The first-order valence-electron chi connectivity index (χ1n) is 4.88. The standard InChI is InChI=1S/C12H15ClN2O2/c1-5-8(4)11(13)15-10(9(14)6-2)12(16)17-7-3/h5H,1-2,7,14H2,3-4H3/b11-8+,15-10?. The Labute approximate surface area is 106 Å². The van der Waals surface area contributed by atoms with E-state index in [2.05, 4.69) is 23.9 Å². The fraction of sp³-hybridized carbons (Fsp3) is 0.250. The second-order valence-corrected chi connectivity index (χ2v) is 3.31. The zero-order valence-electron chi connectivity index (χ0n) is 9.92. The minimum Gasteiger partial charge on any atom is -0.461 e. The van der Waals surface area contributed by atoms with E-state index in [4.69, 9.17) is 22.1 Å². The second kappa shape index (κ2) is 7.49. The van der Waals surface area contributed by atoms with E-state index in [1.807, 2.05) is 0 Å². The smallest absolute Gasteiger partial charge is 0.359 e. The third-order valence-electron chi connectivity index (χ3n) is 1.76. The van der Waals surface area contributed by atoms with Crippen LogP contribution >= 0.6 is 11.6 Å². The van der Waals surface area contributed by atoms with Gasteiger partial charge >= 0.3 is 5.97 Å². The van der Waals surface area contributed by atoms with Gasteiger partial charge in [-0.3, -0.25) is 0 Å². The summed E-state index contributed by atoms with van der Waals surface area (Å²) in [6.07, 6.45) is 1.52. The molecule has 4 nitrogen and oxygen atoms in total. The lowest BCUT2D eigenvalue weighted by Crippen LogP contribution is -2.23. The van der Waals surface area contributed by atoms with Crippen molar-refractivity contribution in [1.82, 2.24) is 0 Å². The highest BCUT2D eigenvalue weighted by Crippen LogP contribution is 2.13. The zero-order chi connectivity index (χ0) is 13.4. The second-order valence-electron chi connectivity index (χ2n) is 2.95. The summed E-state index contributed by atoms with van der Waals surface area (Å²) in [5, 5.41) is 0.112. The van der Waals surface area contributed by atoms with Gasteiger partial charge in [0.2, 0.25) is 0 Å². The third-order valence-corrected chi connectivity index (χ3v) is 2.14. The normalized spacial score (nSPS) is 12.3. The molecule has 0 atom stereocenters. The number of hydrogen-bond acceptors (Lipinski definition) is 4. The number of nitrogens with zero attached hydrogens (tertiary/aromatic N) is 1. The highest BCUT2D eigenvalue weighted by Gasteiger charge is 2.16. The number of esters is 1. The van der Waals surface area contributed by atoms with Gasteiger partial charge in [-0.2, -0.15) is 0 Å². The topological polar surface area (TPSA) is 64.7 Å². The van der Waals surface area contributed by atoms with Crippen molar-refractivity contribution in [2.75, 3.05) is 6.61 Å². The van der Waals surface area contributed by atoms with Gasteiger partial charge in [0.05, 0.1) is 6.61 Å². The van der Waals surface area contributed by atoms with E-state index in [1.165, 1.54) is 6.08 Å². The maximum atomic E-state index is 11.6. The summed E-state index contributed by atoms with van der Waals surface area (Å²) in [5.74, 6) is -0.670. The molecule has 0 saturated carbocycles. The summed E-state index contributed by atoms with van der Waals surface area (Å²) in [6.45, 7) is 10.5. The van der Waals surface area contributed by atoms with E-state index in [-0.39, 0.29) is 23.2 Å². The van der Waals surface area contributed by atoms with Crippen molar-refractivity contribution >= 4 is 23.3 Å². The van der Waals surface area contributed by atoms with Crippen molar-refractivity contribution in [3.8, 4) is 0 Å². The van der Waals surface area contributed by atoms with Crippen LogP contribution in [0.3, 0.4) is 0 Å². The number of allylic oxidation sites excluding steroid dienone is 2. The van der Waals surface area contributed by atoms with Crippen LogP contribution in [0.5, 0.6) is 0 Å². The number of hydrogen-bond donors (Lipinski definition) is 1. The van der Waals surface area contributed by atoms with Crippen LogP contribution in [0.1, 0.15) is 13.8 Å². The predicted octanol–water partition coefficient (Wildman–Crippen LogP) is 2.27. The molecule has 0 amide bonds. The molecule has 0 unspecified atom stereocenters. The molecule has 0 radical (unpaired) electrons. The third kappa shape index (κ3) is 4.72. The molecule has 0 aromatic rings.